The van der Waals surface area contributed by atoms with Crippen molar-refractivity contribution in [3.63, 3.8) is 0 Å². The number of aryl methyl sites for hydroxylation is 2. The Hall–Kier alpha value is -2.22. The lowest BCUT2D eigenvalue weighted by Crippen LogP contribution is -2.54. The molecule has 2 N–H and O–H groups in total. The van der Waals surface area contributed by atoms with Crippen molar-refractivity contribution in [2.75, 3.05) is 12.3 Å². The van der Waals surface area contributed by atoms with Crippen molar-refractivity contribution < 1.29 is 19.1 Å². The Morgan fingerprint density at radius 3 is 2.34 bits per heavy atom. The number of rotatable bonds is 12. The van der Waals surface area contributed by atoms with Gasteiger partial charge in [-0.1, -0.05) is 69.2 Å². The first kappa shape index (κ1) is 32.0. The standard InChI is InChI=1S/C30H49N3O4S/c1-7-8-9-13-18-33(28(35)25(20-38)32-29(36)37-30(4,5)6)26(24-17-16-21(2)19-22(24)3)27(34)31-23-14-11-10-12-15-23/h16-17,19,23,25-26,38H,7-15,18,20H2,1-6H3,(H,31,34)(H,32,36). The van der Waals surface area contributed by atoms with Crippen LogP contribution < -0.4 is 10.6 Å². The van der Waals surface area contributed by atoms with Gasteiger partial charge in [-0.25, -0.2) is 4.79 Å². The first-order chi connectivity index (χ1) is 18.0. The highest BCUT2D eigenvalue weighted by atomic mass is 32.1. The predicted octanol–water partition coefficient (Wildman–Crippen LogP) is 6.03. The van der Waals surface area contributed by atoms with E-state index in [1.807, 2.05) is 32.0 Å². The molecule has 3 amide bonds. The molecule has 38 heavy (non-hydrogen) atoms. The molecular weight excluding hydrogens is 498 g/mol. The molecule has 0 spiro atoms. The second-order valence-electron chi connectivity index (χ2n) is 11.6. The Bertz CT molecular complexity index is 925. The van der Waals surface area contributed by atoms with Crippen LogP contribution in [0.3, 0.4) is 0 Å². The number of carbonyl (C=O) groups excluding carboxylic acids is 3. The van der Waals surface area contributed by atoms with Crippen LogP contribution in [0.5, 0.6) is 0 Å². The number of unbranched alkanes of at least 4 members (excludes halogenated alkanes) is 3. The van der Waals surface area contributed by atoms with Gasteiger partial charge in [0.2, 0.25) is 11.8 Å². The summed E-state index contributed by atoms with van der Waals surface area (Å²) >= 11 is 4.39. The first-order valence-corrected chi connectivity index (χ1v) is 14.9. The molecule has 8 heteroatoms. The summed E-state index contributed by atoms with van der Waals surface area (Å²) in [6.07, 6.45) is 8.46. The molecule has 1 aliphatic rings. The van der Waals surface area contributed by atoms with Crippen molar-refractivity contribution in [2.45, 2.75) is 123 Å². The Kier molecular flexibility index (Phi) is 13.0. The summed E-state index contributed by atoms with van der Waals surface area (Å²) in [5.41, 5.74) is 2.17. The van der Waals surface area contributed by atoms with Crippen molar-refractivity contribution in [2.24, 2.45) is 0 Å². The number of amides is 3. The van der Waals surface area contributed by atoms with Gasteiger partial charge >= 0.3 is 6.09 Å². The maximum Gasteiger partial charge on any atom is 0.408 e. The monoisotopic (exact) mass is 547 g/mol. The van der Waals surface area contributed by atoms with E-state index in [1.54, 1.807) is 25.7 Å². The Labute approximate surface area is 235 Å². The third kappa shape index (κ3) is 10.2. The van der Waals surface area contributed by atoms with Crippen LogP contribution in [-0.2, 0) is 14.3 Å². The van der Waals surface area contributed by atoms with Gasteiger partial charge in [-0.3, -0.25) is 9.59 Å². The minimum absolute atomic E-state index is 0.0907. The summed E-state index contributed by atoms with van der Waals surface area (Å²) in [5.74, 6) is -0.401. The van der Waals surface area contributed by atoms with E-state index in [9.17, 15) is 14.4 Å². The van der Waals surface area contributed by atoms with Gasteiger partial charge in [0.25, 0.3) is 0 Å². The molecule has 1 aromatic carbocycles. The molecule has 0 radical (unpaired) electrons. The minimum Gasteiger partial charge on any atom is -0.444 e. The lowest BCUT2D eigenvalue weighted by Gasteiger charge is -2.36. The molecule has 2 unspecified atom stereocenters. The van der Waals surface area contributed by atoms with Gasteiger partial charge < -0.3 is 20.3 Å². The van der Waals surface area contributed by atoms with Crippen molar-refractivity contribution in [1.82, 2.24) is 15.5 Å². The summed E-state index contributed by atoms with van der Waals surface area (Å²) in [6, 6.07) is 4.38. The smallest absolute Gasteiger partial charge is 0.408 e. The van der Waals surface area contributed by atoms with Crippen LogP contribution in [0.2, 0.25) is 0 Å². The third-order valence-corrected chi connectivity index (χ3v) is 7.30. The largest absolute Gasteiger partial charge is 0.444 e. The van der Waals surface area contributed by atoms with E-state index in [0.29, 0.717) is 6.54 Å². The zero-order valence-electron chi connectivity index (χ0n) is 24.3. The average molecular weight is 548 g/mol. The van der Waals surface area contributed by atoms with Crippen LogP contribution >= 0.6 is 12.6 Å². The van der Waals surface area contributed by atoms with E-state index in [4.69, 9.17) is 4.74 Å². The zero-order valence-corrected chi connectivity index (χ0v) is 25.2. The van der Waals surface area contributed by atoms with Gasteiger partial charge in [-0.15, -0.1) is 0 Å². The van der Waals surface area contributed by atoms with Gasteiger partial charge in [-0.05, 0) is 65.0 Å². The lowest BCUT2D eigenvalue weighted by atomic mass is 9.93. The van der Waals surface area contributed by atoms with Gasteiger partial charge in [-0.2, -0.15) is 12.6 Å². The number of thiol groups is 1. The van der Waals surface area contributed by atoms with Crippen LogP contribution in [-0.4, -0.2) is 52.8 Å². The van der Waals surface area contributed by atoms with E-state index in [1.165, 1.54) is 6.42 Å². The maximum atomic E-state index is 14.1. The molecule has 2 atom stereocenters. The van der Waals surface area contributed by atoms with Crippen molar-refractivity contribution in [3.05, 3.63) is 34.9 Å². The van der Waals surface area contributed by atoms with Crippen molar-refractivity contribution >= 4 is 30.5 Å². The average Bonchev–Trinajstić information content (AvgIpc) is 2.84. The number of alkyl carbamates (subject to hydrolysis) is 1. The topological polar surface area (TPSA) is 87.7 Å². The number of ether oxygens (including phenoxy) is 1. The molecule has 1 aromatic rings. The predicted molar refractivity (Wildman–Crippen MR) is 157 cm³/mol. The first-order valence-electron chi connectivity index (χ1n) is 14.2. The molecule has 2 rings (SSSR count). The molecule has 0 aliphatic heterocycles. The highest BCUT2D eigenvalue weighted by molar-refractivity contribution is 7.80. The maximum absolute atomic E-state index is 14.1. The Morgan fingerprint density at radius 2 is 1.76 bits per heavy atom. The molecule has 1 fully saturated rings. The second-order valence-corrected chi connectivity index (χ2v) is 11.9. The highest BCUT2D eigenvalue weighted by Crippen LogP contribution is 2.28. The van der Waals surface area contributed by atoms with Gasteiger partial charge in [0.1, 0.15) is 17.7 Å². The Balaban J connectivity index is 2.44. The fraction of sp³-hybridized carbons (Fsp3) is 0.700. The molecular formula is C30H49N3O4S. The normalized spacial score (nSPS) is 15.9. The van der Waals surface area contributed by atoms with E-state index < -0.39 is 23.8 Å². The third-order valence-electron chi connectivity index (χ3n) is 6.94. The SMILES string of the molecule is CCCCCCN(C(=O)C(CS)NC(=O)OC(C)(C)C)C(C(=O)NC1CCCCC1)c1ccc(C)cc1C. The molecule has 0 saturated heterocycles. The molecule has 0 heterocycles. The van der Waals surface area contributed by atoms with Gasteiger partial charge in [0, 0.05) is 18.3 Å². The molecule has 0 bridgehead atoms. The van der Waals surface area contributed by atoms with Crippen LogP contribution in [0.15, 0.2) is 18.2 Å². The number of benzene rings is 1. The molecule has 1 aliphatic carbocycles. The summed E-state index contributed by atoms with van der Waals surface area (Å²) in [7, 11) is 0. The fourth-order valence-electron chi connectivity index (χ4n) is 5.02. The highest BCUT2D eigenvalue weighted by Gasteiger charge is 2.37. The summed E-state index contributed by atoms with van der Waals surface area (Å²) in [5, 5.41) is 5.96. The number of carbonyl (C=O) groups is 3. The zero-order chi connectivity index (χ0) is 28.3. The van der Waals surface area contributed by atoms with Crippen LogP contribution in [0.4, 0.5) is 4.79 Å². The number of hydrogen-bond donors (Lipinski definition) is 3. The fourth-order valence-corrected chi connectivity index (χ4v) is 5.27. The quantitative estimate of drug-likeness (QED) is 0.220. The van der Waals surface area contributed by atoms with E-state index in [-0.39, 0.29) is 23.6 Å². The van der Waals surface area contributed by atoms with Gasteiger partial charge in [0.05, 0.1) is 0 Å². The van der Waals surface area contributed by atoms with Crippen molar-refractivity contribution in [3.8, 4) is 0 Å². The van der Waals surface area contributed by atoms with Crippen LogP contribution in [0, 0.1) is 13.8 Å². The van der Waals surface area contributed by atoms with Crippen LogP contribution in [0.1, 0.15) is 108 Å². The summed E-state index contributed by atoms with van der Waals surface area (Å²) in [4.78, 5) is 42.2. The number of nitrogens with zero attached hydrogens (tertiary/aromatic N) is 1. The molecule has 1 saturated carbocycles. The van der Waals surface area contributed by atoms with E-state index >= 15 is 0 Å². The number of hydrogen-bond acceptors (Lipinski definition) is 5. The number of nitrogens with one attached hydrogen (secondary N) is 2. The van der Waals surface area contributed by atoms with Gasteiger partial charge in [0.15, 0.2) is 0 Å². The lowest BCUT2D eigenvalue weighted by molar-refractivity contribution is -0.142. The molecule has 7 nitrogen and oxygen atoms in total. The summed E-state index contributed by atoms with van der Waals surface area (Å²) in [6.45, 7) is 11.9. The Morgan fingerprint density at radius 1 is 1.08 bits per heavy atom. The van der Waals surface area contributed by atoms with E-state index in [0.717, 1.165) is 68.1 Å². The minimum atomic E-state index is -0.921. The molecule has 214 valence electrons. The van der Waals surface area contributed by atoms with E-state index in [2.05, 4.69) is 30.2 Å². The van der Waals surface area contributed by atoms with Crippen molar-refractivity contribution in [1.29, 1.82) is 0 Å². The second kappa shape index (κ2) is 15.4. The molecule has 0 aromatic heterocycles. The summed E-state index contributed by atoms with van der Waals surface area (Å²) < 4.78 is 5.40. The van der Waals surface area contributed by atoms with Crippen LogP contribution in [0.25, 0.3) is 0 Å².